The molecule has 0 aliphatic carbocycles. The van der Waals surface area contributed by atoms with Gasteiger partial charge in [0.05, 0.1) is 16.6 Å². The average molecular weight is 310 g/mol. The molecule has 0 aromatic carbocycles. The number of likely N-dealkylation sites (tertiary alicyclic amines) is 1. The van der Waals surface area contributed by atoms with Crippen LogP contribution in [0, 0.1) is 18.8 Å². The number of carboxylic acids is 1. The lowest BCUT2D eigenvalue weighted by Crippen LogP contribution is -2.37. The van der Waals surface area contributed by atoms with Gasteiger partial charge in [-0.1, -0.05) is 13.8 Å². The molecule has 0 saturated carbocycles. The fourth-order valence-electron chi connectivity index (χ4n) is 2.85. The third-order valence-electron chi connectivity index (χ3n) is 3.93. The van der Waals surface area contributed by atoms with Crippen LogP contribution in [0.25, 0.3) is 0 Å². The van der Waals surface area contributed by atoms with Gasteiger partial charge in [0.2, 0.25) is 0 Å². The number of aryl methyl sites for hydroxylation is 1. The van der Waals surface area contributed by atoms with Crippen LogP contribution in [-0.4, -0.2) is 39.5 Å². The molecule has 2 unspecified atom stereocenters. The standard InChI is InChI=1S/C15H22N2O3S/c1-8(2)7-12-13(21-10(4)16-12)14(18)17-6-5-11(9(17)3)15(19)20/h8-9,11H,5-7H2,1-4H3,(H,19,20). The Labute approximate surface area is 129 Å². The van der Waals surface area contributed by atoms with Crippen LogP contribution in [-0.2, 0) is 11.2 Å². The fraction of sp³-hybridized carbons (Fsp3) is 0.667. The number of carbonyl (C=O) groups excluding carboxylic acids is 1. The van der Waals surface area contributed by atoms with Crippen LogP contribution in [0.5, 0.6) is 0 Å². The van der Waals surface area contributed by atoms with E-state index in [1.165, 1.54) is 11.3 Å². The Morgan fingerprint density at radius 3 is 2.67 bits per heavy atom. The van der Waals surface area contributed by atoms with Crippen molar-refractivity contribution in [3.8, 4) is 0 Å². The predicted octanol–water partition coefficient (Wildman–Crippen LogP) is 2.59. The maximum Gasteiger partial charge on any atom is 0.308 e. The van der Waals surface area contributed by atoms with E-state index >= 15 is 0 Å². The average Bonchev–Trinajstić information content (AvgIpc) is 2.91. The van der Waals surface area contributed by atoms with Crippen LogP contribution >= 0.6 is 11.3 Å². The van der Waals surface area contributed by atoms with Crippen molar-refractivity contribution < 1.29 is 14.7 Å². The van der Waals surface area contributed by atoms with E-state index in [4.69, 9.17) is 0 Å². The third kappa shape index (κ3) is 3.26. The number of carbonyl (C=O) groups is 2. The minimum atomic E-state index is -0.819. The SMILES string of the molecule is Cc1nc(CC(C)C)c(C(=O)N2CCC(C(=O)O)C2C)s1. The number of aliphatic carboxylic acids is 1. The summed E-state index contributed by atoms with van der Waals surface area (Å²) in [5.41, 5.74) is 0.850. The summed E-state index contributed by atoms with van der Waals surface area (Å²) in [5, 5.41) is 10.1. The van der Waals surface area contributed by atoms with E-state index in [2.05, 4.69) is 18.8 Å². The molecule has 1 aromatic heterocycles. The maximum atomic E-state index is 12.7. The second-order valence-electron chi connectivity index (χ2n) is 6.08. The zero-order chi connectivity index (χ0) is 15.7. The molecule has 1 fully saturated rings. The molecule has 0 spiro atoms. The molecule has 0 radical (unpaired) electrons. The highest BCUT2D eigenvalue weighted by Gasteiger charge is 2.39. The van der Waals surface area contributed by atoms with Gasteiger partial charge in [0.25, 0.3) is 5.91 Å². The van der Waals surface area contributed by atoms with Crippen LogP contribution in [0.1, 0.15) is 47.6 Å². The van der Waals surface area contributed by atoms with Crippen molar-refractivity contribution >= 4 is 23.2 Å². The quantitative estimate of drug-likeness (QED) is 0.928. The normalized spacial score (nSPS) is 22.0. The summed E-state index contributed by atoms with van der Waals surface area (Å²) in [7, 11) is 0. The van der Waals surface area contributed by atoms with Crippen molar-refractivity contribution in [2.45, 2.75) is 46.6 Å². The summed E-state index contributed by atoms with van der Waals surface area (Å²) in [6.07, 6.45) is 1.30. The number of rotatable bonds is 4. The largest absolute Gasteiger partial charge is 0.481 e. The first-order valence-corrected chi connectivity index (χ1v) is 8.13. The van der Waals surface area contributed by atoms with Gasteiger partial charge in [-0.15, -0.1) is 11.3 Å². The lowest BCUT2D eigenvalue weighted by Gasteiger charge is -2.23. The molecule has 1 aliphatic heterocycles. The molecule has 2 heterocycles. The Balaban J connectivity index is 2.23. The number of hydrogen-bond donors (Lipinski definition) is 1. The smallest absolute Gasteiger partial charge is 0.308 e. The zero-order valence-corrected chi connectivity index (χ0v) is 13.7. The van der Waals surface area contributed by atoms with Gasteiger partial charge < -0.3 is 10.0 Å². The van der Waals surface area contributed by atoms with E-state index in [1.54, 1.807) is 4.90 Å². The van der Waals surface area contributed by atoms with Crippen molar-refractivity contribution in [3.63, 3.8) is 0 Å². The van der Waals surface area contributed by atoms with Crippen molar-refractivity contribution in [2.75, 3.05) is 6.54 Å². The van der Waals surface area contributed by atoms with Crippen LogP contribution in [0.2, 0.25) is 0 Å². The minimum absolute atomic E-state index is 0.0625. The lowest BCUT2D eigenvalue weighted by atomic mass is 10.0. The predicted molar refractivity (Wildman–Crippen MR) is 81.6 cm³/mol. The molecule has 0 bridgehead atoms. The Morgan fingerprint density at radius 1 is 1.48 bits per heavy atom. The molecule has 2 rings (SSSR count). The number of nitrogens with zero attached hydrogens (tertiary/aromatic N) is 2. The van der Waals surface area contributed by atoms with Gasteiger partial charge >= 0.3 is 5.97 Å². The van der Waals surface area contributed by atoms with Gasteiger partial charge in [0.1, 0.15) is 4.88 Å². The Hall–Kier alpha value is -1.43. The van der Waals surface area contributed by atoms with E-state index in [-0.39, 0.29) is 11.9 Å². The van der Waals surface area contributed by atoms with Gasteiger partial charge in [0.15, 0.2) is 0 Å². The van der Waals surface area contributed by atoms with E-state index in [0.29, 0.717) is 23.8 Å². The second-order valence-corrected chi connectivity index (χ2v) is 7.28. The van der Waals surface area contributed by atoms with Crippen LogP contribution in [0.4, 0.5) is 0 Å². The van der Waals surface area contributed by atoms with E-state index in [1.807, 2.05) is 13.8 Å². The monoisotopic (exact) mass is 310 g/mol. The summed E-state index contributed by atoms with van der Waals surface area (Å²) in [5.74, 6) is -0.912. The lowest BCUT2D eigenvalue weighted by molar-refractivity contribution is -0.142. The Kier molecular flexibility index (Phi) is 4.66. The topological polar surface area (TPSA) is 70.5 Å². The minimum Gasteiger partial charge on any atom is -0.481 e. The molecular weight excluding hydrogens is 288 g/mol. The molecule has 6 heteroatoms. The van der Waals surface area contributed by atoms with Crippen molar-refractivity contribution in [1.82, 2.24) is 9.88 Å². The van der Waals surface area contributed by atoms with Crippen molar-refractivity contribution in [1.29, 1.82) is 0 Å². The third-order valence-corrected chi connectivity index (χ3v) is 4.93. The van der Waals surface area contributed by atoms with Gasteiger partial charge in [-0.2, -0.15) is 0 Å². The first-order valence-electron chi connectivity index (χ1n) is 7.31. The highest BCUT2D eigenvalue weighted by molar-refractivity contribution is 7.13. The Morgan fingerprint density at radius 2 is 2.14 bits per heavy atom. The number of carboxylic acid groups (broad SMARTS) is 1. The molecule has 116 valence electrons. The van der Waals surface area contributed by atoms with E-state index in [9.17, 15) is 14.7 Å². The molecule has 1 amide bonds. The van der Waals surface area contributed by atoms with Gasteiger partial charge in [-0.25, -0.2) is 4.98 Å². The first kappa shape index (κ1) is 15.9. The van der Waals surface area contributed by atoms with Crippen molar-refractivity contribution in [3.05, 3.63) is 15.6 Å². The molecule has 1 aliphatic rings. The van der Waals surface area contributed by atoms with Crippen molar-refractivity contribution in [2.24, 2.45) is 11.8 Å². The van der Waals surface area contributed by atoms with Gasteiger partial charge in [-0.3, -0.25) is 9.59 Å². The van der Waals surface area contributed by atoms with Crippen LogP contribution in [0.15, 0.2) is 0 Å². The highest BCUT2D eigenvalue weighted by atomic mass is 32.1. The highest BCUT2D eigenvalue weighted by Crippen LogP contribution is 2.29. The number of thiazole rings is 1. The molecule has 1 N–H and O–H groups in total. The molecule has 2 atom stereocenters. The summed E-state index contributed by atoms with van der Waals surface area (Å²) in [4.78, 5) is 30.8. The molecule has 1 aromatic rings. The van der Waals surface area contributed by atoms with Crippen LogP contribution in [0.3, 0.4) is 0 Å². The van der Waals surface area contributed by atoms with Gasteiger partial charge in [-0.05, 0) is 32.6 Å². The first-order chi connectivity index (χ1) is 9.81. The number of amides is 1. The van der Waals surface area contributed by atoms with E-state index < -0.39 is 11.9 Å². The number of hydrogen-bond acceptors (Lipinski definition) is 4. The van der Waals surface area contributed by atoms with Crippen LogP contribution < -0.4 is 0 Å². The molecule has 5 nitrogen and oxygen atoms in total. The summed E-state index contributed by atoms with van der Waals surface area (Å²) >= 11 is 1.41. The second kappa shape index (κ2) is 6.13. The molecular formula is C15H22N2O3S. The summed E-state index contributed by atoms with van der Waals surface area (Å²) in [6, 6.07) is -0.260. The Bertz CT molecular complexity index is 553. The van der Waals surface area contributed by atoms with Gasteiger partial charge in [0, 0.05) is 12.6 Å². The summed E-state index contributed by atoms with van der Waals surface area (Å²) in [6.45, 7) is 8.43. The summed E-state index contributed by atoms with van der Waals surface area (Å²) < 4.78 is 0. The van der Waals surface area contributed by atoms with E-state index in [0.717, 1.165) is 17.1 Å². The molecule has 1 saturated heterocycles. The maximum absolute atomic E-state index is 12.7. The number of aromatic nitrogens is 1. The zero-order valence-electron chi connectivity index (χ0n) is 12.9. The fourth-order valence-corrected chi connectivity index (χ4v) is 3.75. The molecule has 21 heavy (non-hydrogen) atoms.